The molecule has 0 bridgehead atoms. The van der Waals surface area contributed by atoms with Gasteiger partial charge in [0.1, 0.15) is 0 Å². The van der Waals surface area contributed by atoms with Crippen LogP contribution in [0.25, 0.3) is 10.9 Å². The summed E-state index contributed by atoms with van der Waals surface area (Å²) in [6.07, 6.45) is 3.89. The largest absolute Gasteiger partial charge is 0.398 e. The molecule has 0 amide bonds. The predicted octanol–water partition coefficient (Wildman–Crippen LogP) is 3.35. The van der Waals surface area contributed by atoms with Crippen LogP contribution in [0.3, 0.4) is 0 Å². The van der Waals surface area contributed by atoms with E-state index in [2.05, 4.69) is 32.5 Å². The third-order valence-corrected chi connectivity index (χ3v) is 3.52. The van der Waals surface area contributed by atoms with Gasteiger partial charge in [0.05, 0.1) is 11.2 Å². The Bertz CT molecular complexity index is 530. The topological polar surface area (TPSA) is 50.9 Å². The van der Waals surface area contributed by atoms with Crippen molar-refractivity contribution in [2.75, 3.05) is 29.6 Å². The summed E-state index contributed by atoms with van der Waals surface area (Å²) in [6, 6.07) is 5.90. The van der Waals surface area contributed by atoms with Crippen LogP contribution in [0.1, 0.15) is 0 Å². The first-order valence-corrected chi connectivity index (χ1v) is 7.47. The number of thioether (sulfide) groups is 1. The number of benzene rings is 1. The lowest BCUT2D eigenvalue weighted by Crippen LogP contribution is -2.05. The number of halogens is 1. The van der Waals surface area contributed by atoms with Gasteiger partial charge in [-0.2, -0.15) is 11.8 Å². The van der Waals surface area contributed by atoms with Gasteiger partial charge in [0, 0.05) is 34.0 Å². The molecule has 0 saturated heterocycles. The summed E-state index contributed by atoms with van der Waals surface area (Å²) in [5.74, 6) is 1.07. The first-order valence-electron chi connectivity index (χ1n) is 5.29. The molecule has 90 valence electrons. The molecule has 0 radical (unpaired) electrons. The number of hydrogen-bond acceptors (Lipinski definition) is 4. The van der Waals surface area contributed by atoms with E-state index in [0.717, 1.165) is 39.0 Å². The quantitative estimate of drug-likeness (QED) is 0.671. The average molecular weight is 312 g/mol. The SMILES string of the molecule is CSCCNc1ccc(N)c2cc(Br)cnc12. The van der Waals surface area contributed by atoms with Crippen molar-refractivity contribution in [3.8, 4) is 0 Å². The Labute approximate surface area is 113 Å². The number of nitrogens with two attached hydrogens (primary N) is 1. The van der Waals surface area contributed by atoms with Gasteiger partial charge in [-0.1, -0.05) is 0 Å². The van der Waals surface area contributed by atoms with E-state index < -0.39 is 0 Å². The lowest BCUT2D eigenvalue weighted by molar-refractivity contribution is 1.23. The first-order chi connectivity index (χ1) is 8.22. The normalized spacial score (nSPS) is 10.7. The van der Waals surface area contributed by atoms with Gasteiger partial charge in [0.15, 0.2) is 0 Å². The summed E-state index contributed by atoms with van der Waals surface area (Å²) in [6.45, 7) is 0.929. The van der Waals surface area contributed by atoms with Gasteiger partial charge in [0.25, 0.3) is 0 Å². The highest BCUT2D eigenvalue weighted by Gasteiger charge is 2.05. The minimum atomic E-state index is 0.754. The van der Waals surface area contributed by atoms with Crippen molar-refractivity contribution < 1.29 is 0 Å². The fourth-order valence-electron chi connectivity index (χ4n) is 1.65. The van der Waals surface area contributed by atoms with Gasteiger partial charge in [0.2, 0.25) is 0 Å². The van der Waals surface area contributed by atoms with Crippen LogP contribution in [0.5, 0.6) is 0 Å². The molecule has 3 N–H and O–H groups in total. The van der Waals surface area contributed by atoms with E-state index >= 15 is 0 Å². The standard InChI is InChI=1S/C12H14BrN3S/c1-17-5-4-15-11-3-2-10(14)9-6-8(13)7-16-12(9)11/h2-3,6-7,15H,4-5,14H2,1H3. The summed E-state index contributed by atoms with van der Waals surface area (Å²) >= 11 is 5.23. The van der Waals surface area contributed by atoms with Gasteiger partial charge >= 0.3 is 0 Å². The summed E-state index contributed by atoms with van der Waals surface area (Å²) in [5.41, 5.74) is 8.67. The molecule has 17 heavy (non-hydrogen) atoms. The van der Waals surface area contributed by atoms with Crippen LogP contribution >= 0.6 is 27.7 Å². The molecule has 0 unspecified atom stereocenters. The highest BCUT2D eigenvalue weighted by molar-refractivity contribution is 9.10. The maximum atomic E-state index is 5.96. The Kier molecular flexibility index (Phi) is 4.12. The molecular formula is C12H14BrN3S. The van der Waals surface area contributed by atoms with E-state index in [9.17, 15) is 0 Å². The molecule has 3 nitrogen and oxygen atoms in total. The second-order valence-electron chi connectivity index (χ2n) is 3.67. The first kappa shape index (κ1) is 12.5. The number of rotatable bonds is 4. The van der Waals surface area contributed by atoms with E-state index in [4.69, 9.17) is 5.73 Å². The van der Waals surface area contributed by atoms with Crippen LogP contribution in [-0.2, 0) is 0 Å². The number of hydrogen-bond donors (Lipinski definition) is 2. The molecule has 2 aromatic rings. The smallest absolute Gasteiger partial charge is 0.0954 e. The number of fused-ring (bicyclic) bond motifs is 1. The summed E-state index contributed by atoms with van der Waals surface area (Å²) in [7, 11) is 0. The minimum absolute atomic E-state index is 0.754. The van der Waals surface area contributed by atoms with Gasteiger partial charge in [-0.25, -0.2) is 0 Å². The van der Waals surface area contributed by atoms with Crippen LogP contribution in [0.2, 0.25) is 0 Å². The Hall–Kier alpha value is -0.940. The zero-order valence-corrected chi connectivity index (χ0v) is 11.9. The van der Waals surface area contributed by atoms with Gasteiger partial charge in [-0.05, 0) is 40.4 Å². The zero-order chi connectivity index (χ0) is 12.3. The third-order valence-electron chi connectivity index (χ3n) is 2.47. The molecule has 2 rings (SSSR count). The van der Waals surface area contributed by atoms with E-state index in [1.165, 1.54) is 0 Å². The minimum Gasteiger partial charge on any atom is -0.398 e. The van der Waals surface area contributed by atoms with E-state index in [1.807, 2.05) is 30.0 Å². The van der Waals surface area contributed by atoms with Crippen molar-refractivity contribution in [1.82, 2.24) is 4.98 Å². The third kappa shape index (κ3) is 2.84. The van der Waals surface area contributed by atoms with Crippen LogP contribution in [0, 0.1) is 0 Å². The van der Waals surface area contributed by atoms with Crippen molar-refractivity contribution in [2.24, 2.45) is 0 Å². The molecule has 1 aromatic carbocycles. The number of anilines is 2. The lowest BCUT2D eigenvalue weighted by Gasteiger charge is -2.10. The van der Waals surface area contributed by atoms with Crippen molar-refractivity contribution in [3.63, 3.8) is 0 Å². The van der Waals surface area contributed by atoms with E-state index in [0.29, 0.717) is 0 Å². The van der Waals surface area contributed by atoms with Gasteiger partial charge in [-0.3, -0.25) is 4.98 Å². The maximum absolute atomic E-state index is 5.96. The Morgan fingerprint density at radius 2 is 2.29 bits per heavy atom. The molecule has 0 aliphatic rings. The molecule has 0 fully saturated rings. The van der Waals surface area contributed by atoms with E-state index in [-0.39, 0.29) is 0 Å². The molecule has 5 heteroatoms. The van der Waals surface area contributed by atoms with Crippen LogP contribution < -0.4 is 11.1 Å². The van der Waals surface area contributed by atoms with Crippen LogP contribution in [0.15, 0.2) is 28.9 Å². The van der Waals surface area contributed by atoms with Crippen molar-refractivity contribution in [2.45, 2.75) is 0 Å². The lowest BCUT2D eigenvalue weighted by atomic mass is 10.1. The fourth-order valence-corrected chi connectivity index (χ4v) is 2.28. The van der Waals surface area contributed by atoms with Crippen molar-refractivity contribution in [3.05, 3.63) is 28.9 Å². The number of nitrogens with one attached hydrogen (secondary N) is 1. The number of nitrogen functional groups attached to an aromatic ring is 1. The molecule has 1 aromatic heterocycles. The number of nitrogens with zero attached hydrogens (tertiary/aromatic N) is 1. The van der Waals surface area contributed by atoms with Gasteiger partial charge in [-0.15, -0.1) is 0 Å². The number of aromatic nitrogens is 1. The average Bonchev–Trinajstić information content (AvgIpc) is 2.33. The van der Waals surface area contributed by atoms with Crippen molar-refractivity contribution >= 4 is 50.0 Å². The van der Waals surface area contributed by atoms with Crippen molar-refractivity contribution in [1.29, 1.82) is 0 Å². The van der Waals surface area contributed by atoms with E-state index in [1.54, 1.807) is 6.20 Å². The molecule has 1 heterocycles. The molecule has 0 spiro atoms. The summed E-state index contributed by atoms with van der Waals surface area (Å²) < 4.78 is 0.943. The highest BCUT2D eigenvalue weighted by atomic mass is 79.9. The maximum Gasteiger partial charge on any atom is 0.0954 e. The second kappa shape index (κ2) is 5.60. The highest BCUT2D eigenvalue weighted by Crippen LogP contribution is 2.28. The van der Waals surface area contributed by atoms with Crippen LogP contribution in [0.4, 0.5) is 11.4 Å². The van der Waals surface area contributed by atoms with Gasteiger partial charge < -0.3 is 11.1 Å². The zero-order valence-electron chi connectivity index (χ0n) is 9.53. The fraction of sp³-hybridized carbons (Fsp3) is 0.250. The molecule has 0 atom stereocenters. The molecular weight excluding hydrogens is 298 g/mol. The molecule has 0 aliphatic heterocycles. The Morgan fingerprint density at radius 1 is 1.47 bits per heavy atom. The second-order valence-corrected chi connectivity index (χ2v) is 5.57. The predicted molar refractivity (Wildman–Crippen MR) is 80.7 cm³/mol. The monoisotopic (exact) mass is 311 g/mol. The summed E-state index contributed by atoms with van der Waals surface area (Å²) in [5, 5.41) is 4.36. The molecule has 0 aliphatic carbocycles. The Morgan fingerprint density at radius 3 is 3.06 bits per heavy atom. The summed E-state index contributed by atoms with van der Waals surface area (Å²) in [4.78, 5) is 4.42. The van der Waals surface area contributed by atoms with Crippen LogP contribution in [-0.4, -0.2) is 23.5 Å². The Balaban J connectivity index is 2.40. The number of pyridine rings is 1. The molecule has 0 saturated carbocycles.